The number of hydrazone groups is 1. The average molecular weight is 487 g/mol. The number of methoxy groups -OCH3 is 1. The van der Waals surface area contributed by atoms with Gasteiger partial charge in [0.1, 0.15) is 28.9 Å². The molecule has 0 saturated carbocycles. The van der Waals surface area contributed by atoms with Gasteiger partial charge >= 0.3 is 5.97 Å². The van der Waals surface area contributed by atoms with Crippen LogP contribution in [0.25, 0.3) is 17.4 Å². The van der Waals surface area contributed by atoms with Gasteiger partial charge < -0.3 is 13.9 Å². The van der Waals surface area contributed by atoms with Crippen molar-refractivity contribution in [1.29, 1.82) is 5.41 Å². The van der Waals surface area contributed by atoms with Crippen molar-refractivity contribution >= 4 is 45.8 Å². The number of fused-ring (bicyclic) bond motifs is 1. The molecule has 2 aliphatic rings. The van der Waals surface area contributed by atoms with E-state index < -0.39 is 11.9 Å². The van der Waals surface area contributed by atoms with Crippen LogP contribution in [0.15, 0.2) is 86.8 Å². The molecule has 5 rings (SSSR count). The number of furan rings is 1. The highest BCUT2D eigenvalue weighted by Gasteiger charge is 2.36. The van der Waals surface area contributed by atoms with Crippen LogP contribution in [0.2, 0.25) is 0 Å². The van der Waals surface area contributed by atoms with Crippen LogP contribution in [0.4, 0.5) is 0 Å². The summed E-state index contributed by atoms with van der Waals surface area (Å²) < 4.78 is 16.3. The molecule has 0 radical (unpaired) electrons. The zero-order valence-corrected chi connectivity index (χ0v) is 19.2. The number of nitrogens with one attached hydrogen (secondary N) is 1. The molecular formula is C25H18N4O5S. The van der Waals surface area contributed by atoms with Gasteiger partial charge in [-0.1, -0.05) is 30.3 Å². The Labute approximate surface area is 204 Å². The number of hydrogen-bond donors (Lipinski definition) is 1. The van der Waals surface area contributed by atoms with E-state index >= 15 is 0 Å². The highest BCUT2D eigenvalue weighted by molar-refractivity contribution is 8.27. The smallest absolute Gasteiger partial charge is 0.337 e. The molecule has 0 saturated heterocycles. The molecule has 0 spiro atoms. The minimum absolute atomic E-state index is 0.0604. The third kappa shape index (κ3) is 4.64. The normalized spacial score (nSPS) is 16.1. The number of hydrogen-bond acceptors (Lipinski definition) is 8. The first kappa shape index (κ1) is 22.4. The Hall–Kier alpha value is -4.44. The molecule has 1 aromatic heterocycles. The largest absolute Gasteiger partial charge is 0.487 e. The molecule has 10 heteroatoms. The molecule has 2 aliphatic heterocycles. The van der Waals surface area contributed by atoms with Crippen molar-refractivity contribution in [1.82, 2.24) is 5.01 Å². The fraction of sp³-hybridized carbons (Fsp3) is 0.0800. The van der Waals surface area contributed by atoms with Crippen molar-refractivity contribution in [3.63, 3.8) is 0 Å². The number of amidine groups is 2. The summed E-state index contributed by atoms with van der Waals surface area (Å²) in [6, 6.07) is 19.5. The van der Waals surface area contributed by atoms with Gasteiger partial charge in [-0.15, -0.1) is 0 Å². The van der Waals surface area contributed by atoms with E-state index in [1.807, 2.05) is 30.3 Å². The Kier molecular flexibility index (Phi) is 6.02. The molecule has 1 amide bonds. The van der Waals surface area contributed by atoms with Crippen LogP contribution in [0, 0.1) is 5.41 Å². The molecule has 0 fully saturated rings. The van der Waals surface area contributed by atoms with Crippen LogP contribution in [-0.2, 0) is 9.53 Å². The van der Waals surface area contributed by atoms with Gasteiger partial charge in [0, 0.05) is 5.56 Å². The Morgan fingerprint density at radius 1 is 1.11 bits per heavy atom. The Bertz CT molecular complexity index is 1410. The van der Waals surface area contributed by atoms with E-state index in [1.165, 1.54) is 30.0 Å². The molecule has 1 N–H and O–H groups in total. The molecule has 3 aromatic rings. The molecule has 0 atom stereocenters. The highest BCUT2D eigenvalue weighted by atomic mass is 32.2. The van der Waals surface area contributed by atoms with E-state index in [2.05, 4.69) is 10.1 Å². The second-order valence-electron chi connectivity index (χ2n) is 7.39. The standard InChI is InChI=1S/C25H18N4O5S/c1-32-24(31)16-9-7-15(8-10-16)20-12-11-18(34-20)13-19-22(26)29-25(27-23(19)30)35-21(28-29)14-33-17-5-3-2-4-6-17/h2-13,26H,14H2,1H3/b19-13-,26-22?. The number of ether oxygens (including phenoxy) is 2. The predicted molar refractivity (Wildman–Crippen MR) is 132 cm³/mol. The first-order valence-corrected chi connectivity index (χ1v) is 11.3. The van der Waals surface area contributed by atoms with Gasteiger partial charge in [-0.25, -0.2) is 4.79 Å². The highest BCUT2D eigenvalue weighted by Crippen LogP contribution is 2.30. The number of para-hydroxylation sites is 1. The number of carbonyl (C=O) groups is 2. The molecule has 0 bridgehead atoms. The number of amides is 1. The quantitative estimate of drug-likeness (QED) is 0.404. The number of aliphatic imine (C=N–C) groups is 1. The molecule has 9 nitrogen and oxygen atoms in total. The van der Waals surface area contributed by atoms with Crippen LogP contribution in [0.5, 0.6) is 5.75 Å². The molecule has 35 heavy (non-hydrogen) atoms. The number of nitrogens with zero attached hydrogens (tertiary/aromatic N) is 3. The van der Waals surface area contributed by atoms with Crippen LogP contribution >= 0.6 is 11.8 Å². The van der Waals surface area contributed by atoms with Crippen LogP contribution < -0.4 is 4.74 Å². The van der Waals surface area contributed by atoms with E-state index in [0.29, 0.717) is 33.0 Å². The Balaban J connectivity index is 1.32. The van der Waals surface area contributed by atoms with Crippen molar-refractivity contribution in [3.05, 3.63) is 83.6 Å². The van der Waals surface area contributed by atoms with Crippen molar-refractivity contribution in [3.8, 4) is 17.1 Å². The first-order chi connectivity index (χ1) is 17.0. The summed E-state index contributed by atoms with van der Waals surface area (Å²) in [4.78, 5) is 28.3. The van der Waals surface area contributed by atoms with Gasteiger partial charge in [0.25, 0.3) is 5.91 Å². The summed E-state index contributed by atoms with van der Waals surface area (Å²) >= 11 is 1.19. The minimum Gasteiger partial charge on any atom is -0.487 e. The van der Waals surface area contributed by atoms with Gasteiger partial charge in [0.15, 0.2) is 5.84 Å². The molecule has 3 heterocycles. The monoisotopic (exact) mass is 486 g/mol. The van der Waals surface area contributed by atoms with E-state index in [4.69, 9.17) is 19.3 Å². The lowest BCUT2D eigenvalue weighted by Gasteiger charge is -2.19. The van der Waals surface area contributed by atoms with Crippen LogP contribution in [-0.4, -0.2) is 46.6 Å². The maximum Gasteiger partial charge on any atom is 0.337 e. The lowest BCUT2D eigenvalue weighted by atomic mass is 10.1. The lowest BCUT2D eigenvalue weighted by molar-refractivity contribution is -0.114. The third-order valence-electron chi connectivity index (χ3n) is 5.11. The molecule has 0 aliphatic carbocycles. The predicted octanol–water partition coefficient (Wildman–Crippen LogP) is 4.43. The molecular weight excluding hydrogens is 468 g/mol. The van der Waals surface area contributed by atoms with Crippen LogP contribution in [0.3, 0.4) is 0 Å². The first-order valence-electron chi connectivity index (χ1n) is 10.5. The number of esters is 1. The Morgan fingerprint density at radius 3 is 2.63 bits per heavy atom. The van der Waals surface area contributed by atoms with Gasteiger partial charge in [-0.3, -0.25) is 10.2 Å². The van der Waals surface area contributed by atoms with E-state index in [0.717, 1.165) is 5.56 Å². The van der Waals surface area contributed by atoms with Crippen molar-refractivity contribution < 1.29 is 23.5 Å². The SMILES string of the molecule is COC(=O)c1ccc(-c2ccc(/C=C3/C(=N)N4N=C(COc5ccccc5)SC4=NC3=O)o2)cc1. The zero-order valence-electron chi connectivity index (χ0n) is 18.4. The van der Waals surface area contributed by atoms with Crippen LogP contribution in [0.1, 0.15) is 16.1 Å². The summed E-state index contributed by atoms with van der Waals surface area (Å²) in [6.07, 6.45) is 1.47. The van der Waals surface area contributed by atoms with E-state index in [9.17, 15) is 9.59 Å². The number of rotatable bonds is 6. The minimum atomic E-state index is -0.547. The number of benzene rings is 2. The maximum absolute atomic E-state index is 12.6. The summed E-state index contributed by atoms with van der Waals surface area (Å²) in [5.41, 5.74) is 1.24. The van der Waals surface area contributed by atoms with Crippen molar-refractivity contribution in [2.24, 2.45) is 10.1 Å². The van der Waals surface area contributed by atoms with E-state index in [1.54, 1.807) is 36.4 Å². The summed E-state index contributed by atoms with van der Waals surface area (Å²) in [5.74, 6) is 0.558. The fourth-order valence-electron chi connectivity index (χ4n) is 3.37. The zero-order chi connectivity index (χ0) is 24.4. The lowest BCUT2D eigenvalue weighted by Crippen LogP contribution is -2.35. The molecule has 174 valence electrons. The summed E-state index contributed by atoms with van der Waals surface area (Å²) in [6.45, 7) is 0.195. The topological polar surface area (TPSA) is 118 Å². The van der Waals surface area contributed by atoms with Gasteiger partial charge in [-0.05, 0) is 54.2 Å². The maximum atomic E-state index is 12.6. The number of thioether (sulfide) groups is 1. The second kappa shape index (κ2) is 9.43. The summed E-state index contributed by atoms with van der Waals surface area (Å²) in [5, 5.41) is 15.1. The third-order valence-corrected chi connectivity index (χ3v) is 5.99. The van der Waals surface area contributed by atoms with Gasteiger partial charge in [0.05, 0.1) is 18.2 Å². The fourth-order valence-corrected chi connectivity index (χ4v) is 4.17. The average Bonchev–Trinajstić information content (AvgIpc) is 3.53. The van der Waals surface area contributed by atoms with Crippen molar-refractivity contribution in [2.75, 3.05) is 13.7 Å². The Morgan fingerprint density at radius 2 is 1.89 bits per heavy atom. The summed E-state index contributed by atoms with van der Waals surface area (Å²) in [7, 11) is 1.32. The number of carbonyl (C=O) groups excluding carboxylic acids is 2. The second-order valence-corrected chi connectivity index (χ2v) is 8.43. The van der Waals surface area contributed by atoms with Crippen molar-refractivity contribution in [2.45, 2.75) is 0 Å². The molecule has 0 unspecified atom stereocenters. The van der Waals surface area contributed by atoms with E-state index in [-0.39, 0.29) is 18.0 Å². The van der Waals surface area contributed by atoms with Gasteiger partial charge in [0.2, 0.25) is 5.17 Å². The molecule has 2 aromatic carbocycles. The van der Waals surface area contributed by atoms with Gasteiger partial charge in [-0.2, -0.15) is 15.1 Å².